The first kappa shape index (κ1) is 29.0. The van der Waals surface area contributed by atoms with Crippen molar-refractivity contribution in [1.82, 2.24) is 14.8 Å². The maximum Gasteiger partial charge on any atom is 0.308 e. The van der Waals surface area contributed by atoms with E-state index in [1.807, 2.05) is 30.3 Å². The number of fused-ring (bicyclic) bond motifs is 1. The van der Waals surface area contributed by atoms with Crippen LogP contribution in [0.15, 0.2) is 65.7 Å². The van der Waals surface area contributed by atoms with E-state index in [9.17, 15) is 18.0 Å². The number of pyridine rings is 1. The second-order valence-electron chi connectivity index (χ2n) is 9.52. The lowest BCUT2D eigenvalue weighted by molar-refractivity contribution is -0.173. The molecule has 0 fully saturated rings. The van der Waals surface area contributed by atoms with Crippen LogP contribution in [-0.2, 0) is 35.6 Å². The van der Waals surface area contributed by atoms with Gasteiger partial charge in [0.2, 0.25) is 10.0 Å². The lowest BCUT2D eigenvalue weighted by Gasteiger charge is -2.25. The Bertz CT molecular complexity index is 1380. The van der Waals surface area contributed by atoms with Crippen LogP contribution in [0.1, 0.15) is 32.8 Å². The minimum Gasteiger partial charge on any atom is -0.492 e. The van der Waals surface area contributed by atoms with Gasteiger partial charge in [0.1, 0.15) is 22.3 Å². The van der Waals surface area contributed by atoms with Crippen molar-refractivity contribution in [2.24, 2.45) is 0 Å². The molecular weight excluding hydrogens is 510 g/mol. The van der Waals surface area contributed by atoms with Crippen molar-refractivity contribution in [3.05, 3.63) is 66.4 Å². The Morgan fingerprint density at radius 3 is 2.50 bits per heavy atom. The number of ether oxygens (including phenoxy) is 2. The minimum absolute atomic E-state index is 0.113. The van der Waals surface area contributed by atoms with E-state index >= 15 is 0 Å². The molecule has 0 aliphatic carbocycles. The van der Waals surface area contributed by atoms with E-state index in [-0.39, 0.29) is 17.3 Å². The molecule has 3 aromatic rings. The van der Waals surface area contributed by atoms with Crippen LogP contribution in [0, 0.1) is 0 Å². The number of benzene rings is 2. The van der Waals surface area contributed by atoms with Crippen molar-refractivity contribution in [2.75, 3.05) is 20.8 Å². The quantitative estimate of drug-likeness (QED) is 0.289. The summed E-state index contributed by atoms with van der Waals surface area (Å²) in [6, 6.07) is 14.3. The number of likely N-dealkylation sites (N-methyl/N-ethyl adjacent to an activating group) is 1. The van der Waals surface area contributed by atoms with E-state index in [0.717, 1.165) is 21.5 Å². The number of aromatic nitrogens is 1. The van der Waals surface area contributed by atoms with Crippen molar-refractivity contribution in [1.29, 1.82) is 0 Å². The maximum atomic E-state index is 13.4. The molecule has 2 aromatic carbocycles. The number of hydrogen-bond acceptors (Lipinski definition) is 8. The monoisotopic (exact) mass is 543 g/mol. The van der Waals surface area contributed by atoms with Gasteiger partial charge in [-0.2, -0.15) is 4.72 Å². The van der Waals surface area contributed by atoms with Gasteiger partial charge < -0.3 is 9.47 Å². The van der Waals surface area contributed by atoms with Crippen molar-refractivity contribution in [3.63, 3.8) is 0 Å². The Morgan fingerprint density at radius 2 is 1.79 bits per heavy atom. The smallest absolute Gasteiger partial charge is 0.308 e. The van der Waals surface area contributed by atoms with Crippen LogP contribution in [-0.4, -0.2) is 62.7 Å². The van der Waals surface area contributed by atoms with Crippen molar-refractivity contribution in [2.45, 2.75) is 50.2 Å². The minimum atomic E-state index is -4.29. The molecule has 0 aliphatic rings. The molecular formula is C27H33N3O7S. The Hall–Kier alpha value is -3.54. The Balaban J connectivity index is 1.79. The highest BCUT2D eigenvalue weighted by Crippen LogP contribution is 2.25. The molecule has 0 spiro atoms. The van der Waals surface area contributed by atoms with Crippen LogP contribution in [0.5, 0.6) is 5.75 Å². The van der Waals surface area contributed by atoms with Crippen molar-refractivity contribution >= 4 is 32.8 Å². The predicted octanol–water partition coefficient (Wildman–Crippen LogP) is 3.25. The number of esters is 1. The number of carbonyl (C=O) groups excluding carboxylic acids is 2. The van der Waals surface area contributed by atoms with Gasteiger partial charge >= 0.3 is 5.97 Å². The highest BCUT2D eigenvalue weighted by atomic mass is 32.2. The molecule has 0 radical (unpaired) electrons. The zero-order chi connectivity index (χ0) is 27.9. The number of rotatable bonds is 11. The number of para-hydroxylation sites is 1. The first-order chi connectivity index (χ1) is 17.9. The van der Waals surface area contributed by atoms with Gasteiger partial charge in [0.05, 0.1) is 25.7 Å². The highest BCUT2D eigenvalue weighted by molar-refractivity contribution is 7.89. The van der Waals surface area contributed by atoms with Gasteiger partial charge in [0.15, 0.2) is 0 Å². The van der Waals surface area contributed by atoms with Gasteiger partial charge in [-0.15, -0.1) is 0 Å². The molecule has 3 rings (SSSR count). The number of amides is 1. The Labute approximate surface area is 222 Å². The van der Waals surface area contributed by atoms with Crippen molar-refractivity contribution in [3.8, 4) is 5.75 Å². The Morgan fingerprint density at radius 1 is 1.05 bits per heavy atom. The molecule has 38 heavy (non-hydrogen) atoms. The van der Waals surface area contributed by atoms with Gasteiger partial charge in [0, 0.05) is 25.1 Å². The molecule has 10 nitrogen and oxygen atoms in total. The molecule has 1 aromatic heterocycles. The summed E-state index contributed by atoms with van der Waals surface area (Å²) in [5.41, 5.74) is 1.07. The molecule has 11 heteroatoms. The van der Waals surface area contributed by atoms with Gasteiger partial charge in [0.25, 0.3) is 5.91 Å². The van der Waals surface area contributed by atoms with Crippen LogP contribution >= 0.6 is 0 Å². The van der Waals surface area contributed by atoms with Crippen LogP contribution < -0.4 is 9.46 Å². The van der Waals surface area contributed by atoms with E-state index in [2.05, 4.69) is 9.71 Å². The number of nitrogens with zero attached hydrogens (tertiary/aromatic N) is 2. The average molecular weight is 544 g/mol. The zero-order valence-corrected chi connectivity index (χ0v) is 22.9. The Kier molecular flexibility index (Phi) is 9.42. The summed E-state index contributed by atoms with van der Waals surface area (Å²) in [5.74, 6) is -1.39. The summed E-state index contributed by atoms with van der Waals surface area (Å²) < 4.78 is 40.3. The van der Waals surface area contributed by atoms with Crippen LogP contribution in [0.2, 0.25) is 0 Å². The molecule has 0 bridgehead atoms. The van der Waals surface area contributed by atoms with Crippen LogP contribution in [0.4, 0.5) is 0 Å². The first-order valence-corrected chi connectivity index (χ1v) is 13.5. The second kappa shape index (κ2) is 12.3. The molecule has 1 N–H and O–H groups in total. The topological polar surface area (TPSA) is 124 Å². The number of hydrogen-bond donors (Lipinski definition) is 1. The fourth-order valence-electron chi connectivity index (χ4n) is 3.74. The number of sulfonamides is 1. The van der Waals surface area contributed by atoms with E-state index in [1.54, 1.807) is 39.1 Å². The molecule has 0 saturated heterocycles. The van der Waals surface area contributed by atoms with Gasteiger partial charge in [-0.3, -0.25) is 19.4 Å². The molecule has 1 amide bonds. The normalized spacial score (nSPS) is 12.7. The molecule has 1 heterocycles. The van der Waals surface area contributed by atoms with E-state index in [0.29, 0.717) is 6.42 Å². The van der Waals surface area contributed by atoms with Crippen molar-refractivity contribution < 1.29 is 32.3 Å². The fourth-order valence-corrected chi connectivity index (χ4v) is 5.07. The summed E-state index contributed by atoms with van der Waals surface area (Å²) >= 11 is 0. The summed E-state index contributed by atoms with van der Waals surface area (Å²) in [4.78, 5) is 34.4. The molecule has 204 valence electrons. The predicted molar refractivity (Wildman–Crippen MR) is 142 cm³/mol. The molecule has 0 aliphatic heterocycles. The summed E-state index contributed by atoms with van der Waals surface area (Å²) in [5, 5.41) is 1.84. The first-order valence-electron chi connectivity index (χ1n) is 12.0. The number of hydroxylamine groups is 2. The van der Waals surface area contributed by atoms with Gasteiger partial charge in [-0.05, 0) is 50.6 Å². The third-order valence-corrected chi connectivity index (χ3v) is 6.99. The lowest BCUT2D eigenvalue weighted by Crippen LogP contribution is -2.48. The maximum absolute atomic E-state index is 13.4. The lowest BCUT2D eigenvalue weighted by atomic mass is 10.1. The fraction of sp³-hybridized carbons (Fsp3) is 0.370. The number of nitrogens with one attached hydrogen (secondary N) is 1. The average Bonchev–Trinajstić information content (AvgIpc) is 2.86. The van der Waals surface area contributed by atoms with Crippen LogP contribution in [0.25, 0.3) is 10.9 Å². The molecule has 1 atom stereocenters. The third-order valence-electron chi connectivity index (χ3n) is 5.47. The van der Waals surface area contributed by atoms with E-state index < -0.39 is 40.0 Å². The summed E-state index contributed by atoms with van der Waals surface area (Å²) in [6.07, 6.45) is 1.71. The van der Waals surface area contributed by atoms with Crippen LogP contribution in [0.3, 0.4) is 0 Å². The molecule has 0 unspecified atom stereocenters. The van der Waals surface area contributed by atoms with Gasteiger partial charge in [-0.25, -0.2) is 13.5 Å². The SMILES string of the molecule is CON(C)C(=O)[C@H](CC(=O)OC(C)(C)C)NS(=O)(=O)c1ccccc1OCCc1cccc2ncccc12. The number of carbonyl (C=O) groups is 2. The van der Waals surface area contributed by atoms with E-state index in [4.69, 9.17) is 14.3 Å². The summed E-state index contributed by atoms with van der Waals surface area (Å²) in [7, 11) is -1.72. The highest BCUT2D eigenvalue weighted by Gasteiger charge is 2.33. The largest absolute Gasteiger partial charge is 0.492 e. The standard InChI is InChI=1S/C27H33N3O7S/c1-27(2,3)37-25(31)18-22(26(32)30(4)35-5)29-38(33,34)24-14-7-6-13-23(24)36-17-15-19-10-8-12-21-20(19)11-9-16-28-21/h6-14,16,22,29H,15,17-18H2,1-5H3/t22-/m0/s1. The zero-order valence-electron chi connectivity index (χ0n) is 22.1. The second-order valence-corrected chi connectivity index (χ2v) is 11.2. The van der Waals surface area contributed by atoms with E-state index in [1.165, 1.54) is 26.3 Å². The van der Waals surface area contributed by atoms with Gasteiger partial charge in [-0.1, -0.05) is 30.3 Å². The summed E-state index contributed by atoms with van der Waals surface area (Å²) in [6.45, 7) is 5.23. The third kappa shape index (κ3) is 7.73. The molecule has 0 saturated carbocycles.